The molecule has 0 N–H and O–H groups in total. The summed E-state index contributed by atoms with van der Waals surface area (Å²) in [6.07, 6.45) is 0. The van der Waals surface area contributed by atoms with E-state index >= 15 is 0 Å². The van der Waals surface area contributed by atoms with E-state index in [2.05, 4.69) is 11.8 Å². The molecule has 1 atom stereocenters. The van der Waals surface area contributed by atoms with Gasteiger partial charge in [0.25, 0.3) is 0 Å². The van der Waals surface area contributed by atoms with Gasteiger partial charge in [-0.3, -0.25) is 4.90 Å². The van der Waals surface area contributed by atoms with E-state index < -0.39 is 5.82 Å². The van der Waals surface area contributed by atoms with Crippen molar-refractivity contribution < 1.29 is 8.78 Å². The maximum absolute atomic E-state index is 13.8. The molecule has 0 amide bonds. The number of hydrogen-bond acceptors (Lipinski definition) is 3. The predicted molar refractivity (Wildman–Crippen MR) is 89.7 cm³/mol. The van der Waals surface area contributed by atoms with E-state index in [1.165, 1.54) is 12.1 Å². The molecule has 124 valence electrons. The van der Waals surface area contributed by atoms with Crippen LogP contribution in [-0.2, 0) is 0 Å². The van der Waals surface area contributed by atoms with E-state index in [4.69, 9.17) is 0 Å². The molecule has 2 aromatic carbocycles. The lowest BCUT2D eigenvalue weighted by molar-refractivity contribution is 0.198. The normalized spacial score (nSPS) is 16.7. The summed E-state index contributed by atoms with van der Waals surface area (Å²) in [5.41, 5.74) is 1.70. The molecule has 3 rings (SSSR count). The molecule has 1 fully saturated rings. The second kappa shape index (κ2) is 6.98. The standard InChI is InChI=1S/C19H19F2N3/c1-14(15-4-2-5-16(20)12-15)23-8-10-24(11-9-23)19-7-3-6-18(21)17(19)13-22/h2-7,12,14H,8-11H2,1H3/t14-/m0/s1. The average Bonchev–Trinajstić information content (AvgIpc) is 2.61. The molecule has 0 radical (unpaired) electrons. The third kappa shape index (κ3) is 3.24. The molecule has 0 aliphatic carbocycles. The highest BCUT2D eigenvalue weighted by molar-refractivity contribution is 5.60. The summed E-state index contributed by atoms with van der Waals surface area (Å²) in [6, 6.07) is 13.5. The van der Waals surface area contributed by atoms with Gasteiger partial charge in [-0.2, -0.15) is 5.26 Å². The third-order valence-electron chi connectivity index (χ3n) is 4.64. The number of nitrogens with zero attached hydrogens (tertiary/aromatic N) is 3. The van der Waals surface area contributed by atoms with Crippen molar-refractivity contribution in [3.05, 3.63) is 65.2 Å². The molecule has 1 saturated heterocycles. The second-order valence-electron chi connectivity index (χ2n) is 6.00. The summed E-state index contributed by atoms with van der Waals surface area (Å²) in [4.78, 5) is 4.31. The quantitative estimate of drug-likeness (QED) is 0.861. The lowest BCUT2D eigenvalue weighted by Gasteiger charge is -2.39. The molecule has 0 bridgehead atoms. The van der Waals surface area contributed by atoms with Gasteiger partial charge in [-0.05, 0) is 36.8 Å². The van der Waals surface area contributed by atoms with Gasteiger partial charge in [0.15, 0.2) is 0 Å². The number of nitriles is 1. The van der Waals surface area contributed by atoms with Crippen LogP contribution >= 0.6 is 0 Å². The van der Waals surface area contributed by atoms with Crippen molar-refractivity contribution >= 4 is 5.69 Å². The molecule has 24 heavy (non-hydrogen) atoms. The second-order valence-corrected chi connectivity index (χ2v) is 6.00. The van der Waals surface area contributed by atoms with Crippen LogP contribution in [0.25, 0.3) is 0 Å². The fourth-order valence-corrected chi connectivity index (χ4v) is 3.21. The van der Waals surface area contributed by atoms with E-state index in [0.29, 0.717) is 18.8 Å². The van der Waals surface area contributed by atoms with Crippen molar-refractivity contribution in [1.29, 1.82) is 5.26 Å². The van der Waals surface area contributed by atoms with Gasteiger partial charge in [0.2, 0.25) is 0 Å². The molecule has 1 aliphatic rings. The monoisotopic (exact) mass is 327 g/mol. The summed E-state index contributed by atoms with van der Waals surface area (Å²) >= 11 is 0. The number of hydrogen-bond donors (Lipinski definition) is 0. The van der Waals surface area contributed by atoms with Crippen LogP contribution in [0.1, 0.15) is 24.1 Å². The molecule has 3 nitrogen and oxygen atoms in total. The molecule has 0 unspecified atom stereocenters. The predicted octanol–water partition coefficient (Wildman–Crippen LogP) is 3.72. The lowest BCUT2D eigenvalue weighted by Crippen LogP contribution is -2.47. The van der Waals surface area contributed by atoms with Gasteiger partial charge in [0, 0.05) is 32.2 Å². The molecular formula is C19H19F2N3. The van der Waals surface area contributed by atoms with Crippen molar-refractivity contribution in [1.82, 2.24) is 4.90 Å². The van der Waals surface area contributed by atoms with E-state index in [1.54, 1.807) is 24.3 Å². The van der Waals surface area contributed by atoms with E-state index in [-0.39, 0.29) is 17.4 Å². The summed E-state index contributed by atoms with van der Waals surface area (Å²) in [6.45, 7) is 5.03. The highest BCUT2D eigenvalue weighted by Crippen LogP contribution is 2.27. The van der Waals surface area contributed by atoms with Crippen molar-refractivity contribution in [2.45, 2.75) is 13.0 Å². The van der Waals surface area contributed by atoms with E-state index in [1.807, 2.05) is 17.0 Å². The zero-order chi connectivity index (χ0) is 17.1. The molecule has 1 heterocycles. The van der Waals surface area contributed by atoms with Crippen LogP contribution in [0.2, 0.25) is 0 Å². The van der Waals surface area contributed by atoms with Gasteiger partial charge >= 0.3 is 0 Å². The number of piperazine rings is 1. The fourth-order valence-electron chi connectivity index (χ4n) is 3.21. The Hall–Kier alpha value is -2.45. The fraction of sp³-hybridized carbons (Fsp3) is 0.316. The minimum Gasteiger partial charge on any atom is -0.368 e. The van der Waals surface area contributed by atoms with E-state index in [9.17, 15) is 14.0 Å². The topological polar surface area (TPSA) is 30.3 Å². The number of benzene rings is 2. The Morgan fingerprint density at radius 1 is 1.04 bits per heavy atom. The smallest absolute Gasteiger partial charge is 0.143 e. The molecular weight excluding hydrogens is 308 g/mol. The van der Waals surface area contributed by atoms with Crippen molar-refractivity contribution in [3.63, 3.8) is 0 Å². The van der Waals surface area contributed by atoms with Gasteiger partial charge in [-0.15, -0.1) is 0 Å². The van der Waals surface area contributed by atoms with Crippen molar-refractivity contribution in [2.24, 2.45) is 0 Å². The Bertz CT molecular complexity index is 761. The van der Waals surface area contributed by atoms with Crippen LogP contribution in [0.15, 0.2) is 42.5 Å². The highest BCUT2D eigenvalue weighted by atomic mass is 19.1. The summed E-state index contributed by atoms with van der Waals surface area (Å²) in [5.74, 6) is -0.707. The third-order valence-corrected chi connectivity index (χ3v) is 4.64. The Kier molecular flexibility index (Phi) is 4.77. The van der Waals surface area contributed by atoms with Crippen LogP contribution in [-0.4, -0.2) is 31.1 Å². The van der Waals surface area contributed by atoms with Crippen molar-refractivity contribution in [2.75, 3.05) is 31.1 Å². The summed E-state index contributed by atoms with van der Waals surface area (Å²) < 4.78 is 27.2. The van der Waals surface area contributed by atoms with Crippen LogP contribution in [0.4, 0.5) is 14.5 Å². The Morgan fingerprint density at radius 3 is 2.42 bits per heavy atom. The zero-order valence-corrected chi connectivity index (χ0v) is 13.5. The first-order valence-electron chi connectivity index (χ1n) is 8.03. The first-order valence-corrected chi connectivity index (χ1v) is 8.03. The molecule has 0 saturated carbocycles. The SMILES string of the molecule is C[C@@H](c1cccc(F)c1)N1CCN(c2cccc(F)c2C#N)CC1. The molecule has 0 spiro atoms. The first kappa shape index (κ1) is 16.4. The lowest BCUT2D eigenvalue weighted by atomic mass is 10.1. The minimum atomic E-state index is -0.481. The number of anilines is 1. The number of rotatable bonds is 3. The van der Waals surface area contributed by atoms with Crippen LogP contribution in [0.5, 0.6) is 0 Å². The Balaban J connectivity index is 1.70. The zero-order valence-electron chi connectivity index (χ0n) is 13.5. The first-order chi connectivity index (χ1) is 11.6. The number of halogens is 2. The van der Waals surface area contributed by atoms with Gasteiger partial charge in [-0.1, -0.05) is 18.2 Å². The summed E-state index contributed by atoms with van der Waals surface area (Å²) in [5, 5.41) is 9.18. The van der Waals surface area contributed by atoms with Gasteiger partial charge in [-0.25, -0.2) is 8.78 Å². The largest absolute Gasteiger partial charge is 0.368 e. The summed E-state index contributed by atoms with van der Waals surface area (Å²) in [7, 11) is 0. The molecule has 1 aliphatic heterocycles. The highest BCUT2D eigenvalue weighted by Gasteiger charge is 2.24. The Morgan fingerprint density at radius 2 is 1.75 bits per heavy atom. The minimum absolute atomic E-state index is 0.101. The van der Waals surface area contributed by atoms with E-state index in [0.717, 1.165) is 18.7 Å². The van der Waals surface area contributed by atoms with Gasteiger partial charge in [0.1, 0.15) is 23.3 Å². The van der Waals surface area contributed by atoms with Crippen LogP contribution in [0, 0.1) is 23.0 Å². The maximum Gasteiger partial charge on any atom is 0.143 e. The average molecular weight is 327 g/mol. The van der Waals surface area contributed by atoms with Crippen LogP contribution < -0.4 is 4.90 Å². The van der Waals surface area contributed by atoms with Gasteiger partial charge < -0.3 is 4.90 Å². The van der Waals surface area contributed by atoms with Gasteiger partial charge in [0.05, 0.1) is 5.69 Å². The molecule has 5 heteroatoms. The van der Waals surface area contributed by atoms with Crippen molar-refractivity contribution in [3.8, 4) is 6.07 Å². The van der Waals surface area contributed by atoms with Crippen LogP contribution in [0.3, 0.4) is 0 Å². The maximum atomic E-state index is 13.8. The molecule has 2 aromatic rings. The Labute approximate surface area is 140 Å². The molecule has 0 aromatic heterocycles.